The molecule has 196 valence electrons. The molecule has 5 aliphatic rings. The van der Waals surface area contributed by atoms with Crippen molar-refractivity contribution in [3.05, 3.63) is 0 Å². The molecule has 1 heterocycles. The number of oxime groups is 1. The molecule has 1 amide bonds. The summed E-state index contributed by atoms with van der Waals surface area (Å²) in [4.78, 5) is 31.9. The van der Waals surface area contributed by atoms with Gasteiger partial charge in [-0.2, -0.15) is 0 Å². The molecule has 0 spiro atoms. The second kappa shape index (κ2) is 9.46. The Labute approximate surface area is 212 Å². The zero-order chi connectivity index (χ0) is 25.0. The first-order chi connectivity index (χ1) is 16.6. The monoisotopic (exact) mass is 485 g/mol. The number of amides is 1. The highest BCUT2D eigenvalue weighted by molar-refractivity contribution is 5.85. The van der Waals surface area contributed by atoms with E-state index in [4.69, 9.17) is 4.84 Å². The van der Waals surface area contributed by atoms with Gasteiger partial charge in [-0.15, -0.1) is 0 Å². The highest BCUT2D eigenvalue weighted by Gasteiger charge is 2.60. The number of carbonyl (C=O) groups excluding carboxylic acids is 2. The number of Topliss-reactive ketones (excluding diaryl/α,β-unsaturated/α-hetero) is 1. The van der Waals surface area contributed by atoms with E-state index in [2.05, 4.69) is 38.2 Å². The van der Waals surface area contributed by atoms with Crippen molar-refractivity contribution < 1.29 is 14.4 Å². The molecule has 6 nitrogen and oxygen atoms in total. The van der Waals surface area contributed by atoms with Gasteiger partial charge in [-0.1, -0.05) is 25.9 Å². The Morgan fingerprint density at radius 1 is 1.11 bits per heavy atom. The summed E-state index contributed by atoms with van der Waals surface area (Å²) in [5, 5.41) is 7.89. The predicted molar refractivity (Wildman–Crippen MR) is 138 cm³/mol. The van der Waals surface area contributed by atoms with Gasteiger partial charge in [-0.25, -0.2) is 4.79 Å². The number of hydrogen-bond donors (Lipinski definition) is 1. The first kappa shape index (κ1) is 25.2. The Balaban J connectivity index is 1.22. The van der Waals surface area contributed by atoms with E-state index in [1.54, 1.807) is 4.90 Å². The number of rotatable bonds is 4. The summed E-state index contributed by atoms with van der Waals surface area (Å²) in [6, 6.07) is 0.344. The fraction of sp³-hybridized carbons (Fsp3) is 0.897. The summed E-state index contributed by atoms with van der Waals surface area (Å²) in [7, 11) is 1.81. The summed E-state index contributed by atoms with van der Waals surface area (Å²) in [5.74, 6) is 4.41. The molecule has 4 saturated carbocycles. The quantitative estimate of drug-likeness (QED) is 0.317. The van der Waals surface area contributed by atoms with Crippen LogP contribution in [0.25, 0.3) is 0 Å². The van der Waals surface area contributed by atoms with Gasteiger partial charge in [-0.3, -0.25) is 9.63 Å². The summed E-state index contributed by atoms with van der Waals surface area (Å²) in [6.07, 6.45) is 10.9. The molecule has 5 fully saturated rings. The van der Waals surface area contributed by atoms with E-state index >= 15 is 0 Å². The summed E-state index contributed by atoms with van der Waals surface area (Å²) >= 11 is 0. The minimum absolute atomic E-state index is 0.241. The molecule has 4 aliphatic carbocycles. The van der Waals surface area contributed by atoms with Crippen LogP contribution in [0.4, 0.5) is 4.79 Å². The largest absolute Gasteiger partial charge is 0.435 e. The maximum atomic E-state index is 12.6. The van der Waals surface area contributed by atoms with Gasteiger partial charge >= 0.3 is 6.09 Å². The van der Waals surface area contributed by atoms with Crippen LogP contribution in [0, 0.1) is 46.3 Å². The van der Waals surface area contributed by atoms with Crippen molar-refractivity contribution in [2.45, 2.75) is 97.9 Å². The second-order valence-electron chi connectivity index (χ2n) is 13.5. The lowest BCUT2D eigenvalue weighted by Gasteiger charge is -2.60. The van der Waals surface area contributed by atoms with E-state index in [0.29, 0.717) is 41.5 Å². The first-order valence-electron chi connectivity index (χ1n) is 14.3. The van der Waals surface area contributed by atoms with E-state index in [9.17, 15) is 9.59 Å². The zero-order valence-electron chi connectivity index (χ0n) is 22.6. The SMILES string of the molecule is C/C(=N\OC(=O)N(C)CC1CC(C)CN1)[C@H]1CC[C@H]2[C@@H]3CC[C@H]4CC(=O)CC[C@]4(C)[C@H]3CC[C@]12C. The fourth-order valence-corrected chi connectivity index (χ4v) is 9.54. The van der Waals surface area contributed by atoms with Crippen LogP contribution in [0.3, 0.4) is 0 Å². The Kier molecular flexibility index (Phi) is 6.82. The molecule has 35 heavy (non-hydrogen) atoms. The molecule has 0 bridgehead atoms. The van der Waals surface area contributed by atoms with Gasteiger partial charge in [0.05, 0.1) is 5.71 Å². The van der Waals surface area contributed by atoms with Crippen LogP contribution >= 0.6 is 0 Å². The summed E-state index contributed by atoms with van der Waals surface area (Å²) in [5.41, 5.74) is 1.59. The summed E-state index contributed by atoms with van der Waals surface area (Å²) in [6.45, 7) is 11.0. The van der Waals surface area contributed by atoms with Crippen LogP contribution in [-0.4, -0.2) is 48.7 Å². The molecule has 5 rings (SSSR count). The molecule has 1 saturated heterocycles. The topological polar surface area (TPSA) is 71.0 Å². The maximum Gasteiger partial charge on any atom is 0.435 e. The summed E-state index contributed by atoms with van der Waals surface area (Å²) < 4.78 is 0. The maximum absolute atomic E-state index is 12.6. The fourth-order valence-electron chi connectivity index (χ4n) is 9.54. The van der Waals surface area contributed by atoms with Crippen LogP contribution in [0.2, 0.25) is 0 Å². The lowest BCUT2D eigenvalue weighted by Crippen LogP contribution is -2.53. The number of nitrogens with zero attached hydrogens (tertiary/aromatic N) is 2. The molecule has 9 atom stereocenters. The number of ketones is 1. The van der Waals surface area contributed by atoms with Crippen LogP contribution in [0.15, 0.2) is 5.16 Å². The van der Waals surface area contributed by atoms with E-state index < -0.39 is 0 Å². The Bertz CT molecular complexity index is 873. The highest BCUT2D eigenvalue weighted by atomic mass is 16.7. The smallest absolute Gasteiger partial charge is 0.312 e. The van der Waals surface area contributed by atoms with Gasteiger partial charge in [0.25, 0.3) is 0 Å². The first-order valence-corrected chi connectivity index (χ1v) is 14.3. The van der Waals surface area contributed by atoms with Crippen molar-refractivity contribution in [1.29, 1.82) is 0 Å². The Morgan fingerprint density at radius 2 is 1.89 bits per heavy atom. The van der Waals surface area contributed by atoms with E-state index in [-0.39, 0.29) is 11.5 Å². The Hall–Kier alpha value is -1.43. The number of fused-ring (bicyclic) bond motifs is 5. The minimum Gasteiger partial charge on any atom is -0.312 e. The molecular weight excluding hydrogens is 438 g/mol. The van der Waals surface area contributed by atoms with Crippen molar-refractivity contribution in [1.82, 2.24) is 10.2 Å². The number of likely N-dealkylation sites (N-methyl/N-ethyl adjacent to an activating group) is 1. The van der Waals surface area contributed by atoms with E-state index in [1.165, 1.54) is 32.1 Å². The van der Waals surface area contributed by atoms with E-state index in [1.807, 2.05) is 7.05 Å². The molecule has 0 aromatic rings. The van der Waals surface area contributed by atoms with Crippen LogP contribution < -0.4 is 5.32 Å². The van der Waals surface area contributed by atoms with Gasteiger partial charge in [0.2, 0.25) is 0 Å². The van der Waals surface area contributed by atoms with Gasteiger partial charge in [-0.05, 0) is 105 Å². The third-order valence-corrected chi connectivity index (χ3v) is 11.5. The average molecular weight is 486 g/mol. The van der Waals surface area contributed by atoms with Crippen molar-refractivity contribution in [3.63, 3.8) is 0 Å². The predicted octanol–water partition coefficient (Wildman–Crippen LogP) is 5.66. The molecule has 1 aliphatic heterocycles. The van der Waals surface area contributed by atoms with Crippen molar-refractivity contribution >= 4 is 17.6 Å². The lowest BCUT2D eigenvalue weighted by molar-refractivity contribution is -0.138. The lowest BCUT2D eigenvalue weighted by atomic mass is 9.44. The van der Waals surface area contributed by atoms with Crippen molar-refractivity contribution in [2.75, 3.05) is 20.1 Å². The molecule has 6 heteroatoms. The van der Waals surface area contributed by atoms with Crippen LogP contribution in [-0.2, 0) is 9.63 Å². The molecular formula is C29H47N3O3. The second-order valence-corrected chi connectivity index (χ2v) is 13.5. The van der Waals surface area contributed by atoms with Gasteiger partial charge in [0.1, 0.15) is 5.78 Å². The van der Waals surface area contributed by atoms with Crippen LogP contribution in [0.5, 0.6) is 0 Å². The Morgan fingerprint density at radius 3 is 2.63 bits per heavy atom. The normalized spacial score (nSPS) is 45.5. The van der Waals surface area contributed by atoms with Gasteiger partial charge in [0, 0.05) is 38.4 Å². The zero-order valence-corrected chi connectivity index (χ0v) is 22.6. The number of hydrogen-bond acceptors (Lipinski definition) is 5. The third kappa shape index (κ3) is 4.46. The van der Waals surface area contributed by atoms with Gasteiger partial charge in [0.15, 0.2) is 0 Å². The minimum atomic E-state index is -0.354. The molecule has 0 radical (unpaired) electrons. The van der Waals surface area contributed by atoms with Crippen molar-refractivity contribution in [3.8, 4) is 0 Å². The molecule has 0 aromatic carbocycles. The van der Waals surface area contributed by atoms with Gasteiger partial charge < -0.3 is 10.2 Å². The molecule has 2 unspecified atom stereocenters. The number of nitrogens with one attached hydrogen (secondary N) is 1. The van der Waals surface area contributed by atoms with Crippen molar-refractivity contribution in [2.24, 2.45) is 51.5 Å². The molecule has 1 N–H and O–H groups in total. The molecule has 0 aromatic heterocycles. The highest BCUT2D eigenvalue weighted by Crippen LogP contribution is 2.67. The third-order valence-electron chi connectivity index (χ3n) is 11.5. The number of carbonyl (C=O) groups is 2. The standard InChI is InChI=1S/C29H47N3O3/c1-18-14-21(30-16-18)17-32(5)27(34)35-31-19(2)24-8-9-25-23-7-6-20-15-22(33)10-12-28(20,3)26(23)11-13-29(24,25)4/h18,20-21,23-26,30H,6-17H2,1-5H3/b31-19+/t18?,20-,21?,23-,24+,25-,26-,28-,29+/m0/s1. The van der Waals surface area contributed by atoms with Crippen LogP contribution in [0.1, 0.15) is 91.9 Å². The average Bonchev–Trinajstić information content (AvgIpc) is 3.39. The van der Waals surface area contributed by atoms with E-state index in [0.717, 1.165) is 62.1 Å².